The zero-order valence-corrected chi connectivity index (χ0v) is 11.9. The summed E-state index contributed by atoms with van der Waals surface area (Å²) in [4.78, 5) is 4.16. The molecule has 0 unspecified atom stereocenters. The summed E-state index contributed by atoms with van der Waals surface area (Å²) in [5.41, 5.74) is 2.26. The standard InChI is InChI=1S/C16H17N3O2/c1-20-16-7-4-14(12-19-16)11-18-10-13-2-5-15(6-3-13)21-9-8-17/h2-7,12,18H,9-11H2,1H3. The molecule has 0 aliphatic carbocycles. The van der Waals surface area contributed by atoms with Gasteiger partial charge < -0.3 is 14.8 Å². The van der Waals surface area contributed by atoms with Crippen molar-refractivity contribution < 1.29 is 9.47 Å². The Morgan fingerprint density at radius 3 is 2.43 bits per heavy atom. The Morgan fingerprint density at radius 2 is 1.81 bits per heavy atom. The van der Waals surface area contributed by atoms with Gasteiger partial charge in [-0.05, 0) is 23.3 Å². The summed E-state index contributed by atoms with van der Waals surface area (Å²) < 4.78 is 10.2. The van der Waals surface area contributed by atoms with Crippen LogP contribution in [0.5, 0.6) is 11.6 Å². The fourth-order valence-electron chi connectivity index (χ4n) is 1.81. The van der Waals surface area contributed by atoms with E-state index in [1.165, 1.54) is 0 Å². The van der Waals surface area contributed by atoms with Crippen molar-refractivity contribution in [2.75, 3.05) is 13.7 Å². The second-order valence-electron chi connectivity index (χ2n) is 4.40. The molecule has 0 spiro atoms. The first-order chi connectivity index (χ1) is 10.3. The largest absolute Gasteiger partial charge is 0.481 e. The second kappa shape index (κ2) is 7.88. The van der Waals surface area contributed by atoms with Crippen LogP contribution >= 0.6 is 0 Å². The van der Waals surface area contributed by atoms with E-state index < -0.39 is 0 Å². The predicted molar refractivity (Wildman–Crippen MR) is 78.9 cm³/mol. The average Bonchev–Trinajstić information content (AvgIpc) is 2.55. The molecule has 5 heteroatoms. The van der Waals surface area contributed by atoms with Gasteiger partial charge in [-0.15, -0.1) is 0 Å². The highest BCUT2D eigenvalue weighted by atomic mass is 16.5. The molecule has 1 aromatic heterocycles. The number of benzene rings is 1. The molecule has 0 aliphatic heterocycles. The molecule has 21 heavy (non-hydrogen) atoms. The van der Waals surface area contributed by atoms with Crippen LogP contribution in [0.1, 0.15) is 11.1 Å². The molecule has 2 aromatic rings. The number of pyridine rings is 1. The molecule has 0 aliphatic rings. The lowest BCUT2D eigenvalue weighted by molar-refractivity contribution is 0.368. The first kappa shape index (κ1) is 14.8. The highest BCUT2D eigenvalue weighted by Crippen LogP contribution is 2.12. The molecule has 108 valence electrons. The smallest absolute Gasteiger partial charge is 0.212 e. The number of ether oxygens (including phenoxy) is 2. The van der Waals surface area contributed by atoms with Crippen LogP contribution in [0, 0.1) is 11.3 Å². The van der Waals surface area contributed by atoms with Crippen LogP contribution < -0.4 is 14.8 Å². The third kappa shape index (κ3) is 4.79. The highest BCUT2D eigenvalue weighted by molar-refractivity contribution is 5.27. The summed E-state index contributed by atoms with van der Waals surface area (Å²) in [5, 5.41) is 11.8. The molecule has 0 amide bonds. The SMILES string of the molecule is COc1ccc(CNCc2ccc(OCC#N)cc2)cn1. The number of nitrogens with one attached hydrogen (secondary N) is 1. The van der Waals surface area contributed by atoms with Gasteiger partial charge in [-0.3, -0.25) is 0 Å². The quantitative estimate of drug-likeness (QED) is 0.844. The minimum absolute atomic E-state index is 0.0715. The van der Waals surface area contributed by atoms with E-state index in [4.69, 9.17) is 14.7 Å². The van der Waals surface area contributed by atoms with Gasteiger partial charge in [0.1, 0.15) is 11.8 Å². The van der Waals surface area contributed by atoms with Crippen LogP contribution in [0.2, 0.25) is 0 Å². The normalized spacial score (nSPS) is 9.90. The summed E-state index contributed by atoms with van der Waals surface area (Å²) in [6, 6.07) is 13.5. The molecule has 1 N–H and O–H groups in total. The number of aromatic nitrogens is 1. The molecule has 0 saturated carbocycles. The summed E-state index contributed by atoms with van der Waals surface area (Å²) >= 11 is 0. The van der Waals surface area contributed by atoms with Crippen LogP contribution in [0.25, 0.3) is 0 Å². The lowest BCUT2D eigenvalue weighted by Crippen LogP contribution is -2.12. The number of hydrogen-bond acceptors (Lipinski definition) is 5. The number of nitrogens with zero attached hydrogens (tertiary/aromatic N) is 2. The van der Waals surface area contributed by atoms with Crippen LogP contribution in [0.3, 0.4) is 0 Å². The highest BCUT2D eigenvalue weighted by Gasteiger charge is 1.98. The van der Waals surface area contributed by atoms with E-state index in [0.717, 1.165) is 24.2 Å². The summed E-state index contributed by atoms with van der Waals surface area (Å²) in [6.45, 7) is 1.57. The monoisotopic (exact) mass is 283 g/mol. The Labute approximate surface area is 124 Å². The van der Waals surface area contributed by atoms with Gasteiger partial charge in [0.15, 0.2) is 6.61 Å². The van der Waals surface area contributed by atoms with Crippen molar-refractivity contribution in [3.8, 4) is 17.7 Å². The predicted octanol–water partition coefficient (Wildman–Crippen LogP) is 2.28. The van der Waals surface area contributed by atoms with Crippen molar-refractivity contribution in [3.05, 3.63) is 53.7 Å². The molecule has 0 bridgehead atoms. The van der Waals surface area contributed by atoms with E-state index in [-0.39, 0.29) is 6.61 Å². The number of methoxy groups -OCH3 is 1. The van der Waals surface area contributed by atoms with Crippen molar-refractivity contribution in [1.29, 1.82) is 5.26 Å². The molecule has 2 rings (SSSR count). The molecular weight excluding hydrogens is 266 g/mol. The van der Waals surface area contributed by atoms with Gasteiger partial charge in [-0.1, -0.05) is 18.2 Å². The first-order valence-electron chi connectivity index (χ1n) is 6.60. The fourth-order valence-corrected chi connectivity index (χ4v) is 1.81. The van der Waals surface area contributed by atoms with Crippen molar-refractivity contribution in [1.82, 2.24) is 10.3 Å². The van der Waals surface area contributed by atoms with Gasteiger partial charge in [0.25, 0.3) is 0 Å². The van der Waals surface area contributed by atoms with Gasteiger partial charge in [0.05, 0.1) is 7.11 Å². The molecule has 1 heterocycles. The fraction of sp³-hybridized carbons (Fsp3) is 0.250. The van der Waals surface area contributed by atoms with Crippen LogP contribution in [0.4, 0.5) is 0 Å². The van der Waals surface area contributed by atoms with E-state index >= 15 is 0 Å². The minimum atomic E-state index is 0.0715. The van der Waals surface area contributed by atoms with Crippen molar-refractivity contribution in [2.24, 2.45) is 0 Å². The summed E-state index contributed by atoms with van der Waals surface area (Å²) in [7, 11) is 1.60. The minimum Gasteiger partial charge on any atom is -0.481 e. The van der Waals surface area contributed by atoms with E-state index in [2.05, 4.69) is 10.3 Å². The van der Waals surface area contributed by atoms with Gasteiger partial charge >= 0.3 is 0 Å². The van der Waals surface area contributed by atoms with Crippen LogP contribution in [-0.2, 0) is 13.1 Å². The molecule has 0 fully saturated rings. The lowest BCUT2D eigenvalue weighted by Gasteiger charge is -2.07. The van der Waals surface area contributed by atoms with Crippen molar-refractivity contribution in [2.45, 2.75) is 13.1 Å². The van der Waals surface area contributed by atoms with Crippen LogP contribution in [-0.4, -0.2) is 18.7 Å². The maximum atomic E-state index is 8.44. The van der Waals surface area contributed by atoms with Gasteiger partial charge in [-0.25, -0.2) is 4.98 Å². The average molecular weight is 283 g/mol. The Bertz CT molecular complexity index is 588. The summed E-state index contributed by atoms with van der Waals surface area (Å²) in [6.07, 6.45) is 1.80. The third-order valence-electron chi connectivity index (χ3n) is 2.89. The molecule has 1 aromatic carbocycles. The van der Waals surface area contributed by atoms with Gasteiger partial charge in [0.2, 0.25) is 5.88 Å². The first-order valence-corrected chi connectivity index (χ1v) is 6.60. The maximum absolute atomic E-state index is 8.44. The van der Waals surface area contributed by atoms with Gasteiger partial charge in [0, 0.05) is 25.4 Å². The van der Waals surface area contributed by atoms with Crippen molar-refractivity contribution >= 4 is 0 Å². The number of nitriles is 1. The second-order valence-corrected chi connectivity index (χ2v) is 4.40. The zero-order valence-electron chi connectivity index (χ0n) is 11.9. The Morgan fingerprint density at radius 1 is 1.10 bits per heavy atom. The van der Waals surface area contributed by atoms with Crippen LogP contribution in [0.15, 0.2) is 42.6 Å². The number of hydrogen-bond donors (Lipinski definition) is 1. The maximum Gasteiger partial charge on any atom is 0.212 e. The van der Waals surface area contributed by atoms with Gasteiger partial charge in [-0.2, -0.15) is 5.26 Å². The molecule has 0 radical (unpaired) electrons. The summed E-state index contributed by atoms with van der Waals surface area (Å²) in [5.74, 6) is 1.33. The Kier molecular flexibility index (Phi) is 5.56. The Hall–Kier alpha value is -2.58. The van der Waals surface area contributed by atoms with E-state index in [1.54, 1.807) is 13.3 Å². The third-order valence-corrected chi connectivity index (χ3v) is 2.89. The molecule has 0 atom stereocenters. The van der Waals surface area contributed by atoms with E-state index in [9.17, 15) is 0 Å². The Balaban J connectivity index is 1.78. The molecular formula is C16H17N3O2. The van der Waals surface area contributed by atoms with E-state index in [0.29, 0.717) is 11.6 Å². The van der Waals surface area contributed by atoms with E-state index in [1.807, 2.05) is 42.5 Å². The zero-order chi connectivity index (χ0) is 14.9. The topological polar surface area (TPSA) is 67.2 Å². The molecule has 0 saturated heterocycles. The van der Waals surface area contributed by atoms with Crippen molar-refractivity contribution in [3.63, 3.8) is 0 Å². The number of rotatable bonds is 7. The molecule has 5 nitrogen and oxygen atoms in total. The lowest BCUT2D eigenvalue weighted by atomic mass is 10.2.